The standard InChI is InChI=1S/C20H32N2O3.2C2HF3O2/c1-2-18-3-4-19(25-18)14-21-8-5-16-13-22(9-12-24-20(16)15-21)17-6-10-23-11-7-17;2*3-2(4,5)1(6)7/h3-4,16-17,20H,2,5-15H2,1H3;2*(H,6,7)/t16-,20-;;/m1../s1. The van der Waals surface area contributed by atoms with Gasteiger partial charge in [-0.1, -0.05) is 6.92 Å². The van der Waals surface area contributed by atoms with E-state index in [1.165, 1.54) is 25.8 Å². The zero-order valence-electron chi connectivity index (χ0n) is 21.5. The molecule has 2 N–H and O–H groups in total. The van der Waals surface area contributed by atoms with Crippen LogP contribution in [0.3, 0.4) is 0 Å². The van der Waals surface area contributed by atoms with Crippen LogP contribution >= 0.6 is 0 Å². The van der Waals surface area contributed by atoms with E-state index < -0.39 is 24.3 Å². The molecule has 4 heterocycles. The number of aliphatic carboxylic acids is 2. The fourth-order valence-electron chi connectivity index (χ4n) is 4.58. The summed E-state index contributed by atoms with van der Waals surface area (Å²) in [5, 5.41) is 14.2. The van der Waals surface area contributed by atoms with Crippen LogP contribution < -0.4 is 0 Å². The minimum Gasteiger partial charge on any atom is -0.475 e. The van der Waals surface area contributed by atoms with Gasteiger partial charge in [0.2, 0.25) is 0 Å². The first-order valence-corrected chi connectivity index (χ1v) is 12.5. The maximum Gasteiger partial charge on any atom is 0.490 e. The molecule has 0 bridgehead atoms. The number of fused-ring (bicyclic) bond motifs is 1. The van der Waals surface area contributed by atoms with Crippen molar-refractivity contribution in [2.75, 3.05) is 46.0 Å². The first-order valence-electron chi connectivity index (χ1n) is 12.5. The molecule has 0 aromatic carbocycles. The second kappa shape index (κ2) is 14.9. The molecule has 15 heteroatoms. The van der Waals surface area contributed by atoms with Crippen molar-refractivity contribution < 1.29 is 60.0 Å². The summed E-state index contributed by atoms with van der Waals surface area (Å²) in [6, 6.07) is 4.94. The van der Waals surface area contributed by atoms with E-state index in [1.807, 2.05) is 0 Å². The van der Waals surface area contributed by atoms with Gasteiger partial charge in [-0.15, -0.1) is 0 Å². The Balaban J connectivity index is 0.000000317. The van der Waals surface area contributed by atoms with Crippen LogP contribution in [0.4, 0.5) is 26.3 Å². The van der Waals surface area contributed by atoms with Crippen molar-refractivity contribution in [3.63, 3.8) is 0 Å². The number of carboxylic acids is 2. The van der Waals surface area contributed by atoms with Crippen molar-refractivity contribution in [2.45, 2.75) is 63.7 Å². The molecular weight excluding hydrogens is 542 g/mol. The van der Waals surface area contributed by atoms with Crippen molar-refractivity contribution in [2.24, 2.45) is 5.92 Å². The van der Waals surface area contributed by atoms with Gasteiger partial charge in [-0.3, -0.25) is 9.80 Å². The minimum absolute atomic E-state index is 0.374. The summed E-state index contributed by atoms with van der Waals surface area (Å²) in [4.78, 5) is 23.0. The SMILES string of the molecule is CCc1ccc(CN2CC[C@@H]3CN(C4CCOCC4)CCO[C@@H]3C2)o1.O=C(O)C(F)(F)F.O=C(O)C(F)(F)F. The zero-order chi connectivity index (χ0) is 29.2. The van der Waals surface area contributed by atoms with E-state index in [-0.39, 0.29) is 0 Å². The maximum absolute atomic E-state index is 10.6. The lowest BCUT2D eigenvalue weighted by atomic mass is 9.92. The number of alkyl halides is 6. The lowest BCUT2D eigenvalue weighted by Crippen LogP contribution is -2.48. The fraction of sp³-hybridized carbons (Fsp3) is 0.750. The maximum atomic E-state index is 10.6. The lowest BCUT2D eigenvalue weighted by Gasteiger charge is -2.39. The van der Waals surface area contributed by atoms with Crippen LogP contribution in [0.15, 0.2) is 16.5 Å². The van der Waals surface area contributed by atoms with Crippen LogP contribution in [-0.2, 0) is 32.0 Å². The molecule has 0 saturated carbocycles. The molecule has 4 rings (SSSR count). The summed E-state index contributed by atoms with van der Waals surface area (Å²) < 4.78 is 81.2. The molecule has 39 heavy (non-hydrogen) atoms. The third-order valence-corrected chi connectivity index (χ3v) is 6.60. The molecule has 9 nitrogen and oxygen atoms in total. The van der Waals surface area contributed by atoms with Gasteiger partial charge < -0.3 is 24.1 Å². The smallest absolute Gasteiger partial charge is 0.475 e. The van der Waals surface area contributed by atoms with E-state index >= 15 is 0 Å². The normalized spacial score (nSPS) is 23.4. The van der Waals surface area contributed by atoms with Crippen molar-refractivity contribution in [3.8, 4) is 0 Å². The highest BCUT2D eigenvalue weighted by atomic mass is 19.4. The van der Waals surface area contributed by atoms with Crippen molar-refractivity contribution >= 4 is 11.9 Å². The molecule has 3 fully saturated rings. The molecule has 1 aromatic rings. The van der Waals surface area contributed by atoms with Crippen LogP contribution in [0.25, 0.3) is 0 Å². The molecule has 1 aromatic heterocycles. The Hall–Kier alpha value is -2.36. The number of hydrogen-bond acceptors (Lipinski definition) is 7. The quantitative estimate of drug-likeness (QED) is 0.517. The number of hydrogen-bond donors (Lipinski definition) is 2. The highest BCUT2D eigenvalue weighted by Gasteiger charge is 2.39. The molecule has 224 valence electrons. The van der Waals surface area contributed by atoms with Crippen molar-refractivity contribution in [1.82, 2.24) is 9.80 Å². The molecule has 0 aliphatic carbocycles. The van der Waals surface area contributed by atoms with Crippen LogP contribution in [0.2, 0.25) is 0 Å². The molecule has 3 aliphatic rings. The van der Waals surface area contributed by atoms with Gasteiger partial charge in [-0.25, -0.2) is 9.59 Å². The van der Waals surface area contributed by atoms with Gasteiger partial charge in [0.05, 0.1) is 19.3 Å². The van der Waals surface area contributed by atoms with Gasteiger partial charge in [0.15, 0.2) is 0 Å². The zero-order valence-corrected chi connectivity index (χ0v) is 21.5. The van der Waals surface area contributed by atoms with Gasteiger partial charge in [0.1, 0.15) is 11.5 Å². The highest BCUT2D eigenvalue weighted by molar-refractivity contribution is 5.73. The summed E-state index contributed by atoms with van der Waals surface area (Å²) in [5.74, 6) is -2.67. The minimum atomic E-state index is -5.08. The molecule has 2 atom stereocenters. The first kappa shape index (κ1) is 32.8. The number of carbonyl (C=O) groups is 2. The Kier molecular flexibility index (Phi) is 12.5. The topological polar surface area (TPSA) is 113 Å². The van der Waals surface area contributed by atoms with Crippen LogP contribution in [-0.4, -0.2) is 102 Å². The molecule has 3 saturated heterocycles. The lowest BCUT2D eigenvalue weighted by molar-refractivity contribution is -0.193. The van der Waals surface area contributed by atoms with Crippen molar-refractivity contribution in [1.29, 1.82) is 0 Å². The molecule has 0 unspecified atom stereocenters. The highest BCUT2D eigenvalue weighted by Crippen LogP contribution is 2.28. The molecular formula is C24H34F6N2O7. The Morgan fingerprint density at radius 2 is 1.46 bits per heavy atom. The first-order chi connectivity index (χ1) is 18.2. The van der Waals surface area contributed by atoms with Crippen LogP contribution in [0.5, 0.6) is 0 Å². The Morgan fingerprint density at radius 1 is 0.897 bits per heavy atom. The second-order valence-electron chi connectivity index (χ2n) is 9.36. The Morgan fingerprint density at radius 3 is 1.97 bits per heavy atom. The summed E-state index contributed by atoms with van der Waals surface area (Å²) in [6.07, 6.45) is -5.23. The van der Waals surface area contributed by atoms with E-state index in [1.54, 1.807) is 0 Å². The summed E-state index contributed by atoms with van der Waals surface area (Å²) in [6.45, 7) is 10.2. The number of nitrogens with zero attached hydrogens (tertiary/aromatic N) is 2. The average Bonchev–Trinajstić information content (AvgIpc) is 3.21. The van der Waals surface area contributed by atoms with Gasteiger partial charge >= 0.3 is 24.3 Å². The van der Waals surface area contributed by atoms with Gasteiger partial charge in [0.25, 0.3) is 0 Å². The number of piperidine rings is 1. The average molecular weight is 577 g/mol. The van der Waals surface area contributed by atoms with E-state index in [0.717, 1.165) is 63.9 Å². The summed E-state index contributed by atoms with van der Waals surface area (Å²) >= 11 is 0. The van der Waals surface area contributed by atoms with E-state index in [2.05, 4.69) is 28.9 Å². The predicted molar refractivity (Wildman–Crippen MR) is 124 cm³/mol. The molecule has 0 amide bonds. The van der Waals surface area contributed by atoms with Crippen LogP contribution in [0.1, 0.15) is 37.7 Å². The van der Waals surface area contributed by atoms with E-state index in [9.17, 15) is 26.3 Å². The summed E-state index contributed by atoms with van der Waals surface area (Å²) in [5.41, 5.74) is 0. The fourth-order valence-corrected chi connectivity index (χ4v) is 4.58. The number of rotatable bonds is 4. The number of furan rings is 1. The van der Waals surface area contributed by atoms with Gasteiger partial charge in [-0.2, -0.15) is 26.3 Å². The predicted octanol–water partition coefficient (Wildman–Crippen LogP) is 3.81. The van der Waals surface area contributed by atoms with Crippen molar-refractivity contribution in [3.05, 3.63) is 23.7 Å². The Bertz CT molecular complexity index is 878. The second-order valence-corrected chi connectivity index (χ2v) is 9.36. The number of ether oxygens (including phenoxy) is 2. The number of likely N-dealkylation sites (tertiary alicyclic amines) is 1. The summed E-state index contributed by atoms with van der Waals surface area (Å²) in [7, 11) is 0. The number of aryl methyl sites for hydroxylation is 1. The third kappa shape index (κ3) is 11.3. The van der Waals surface area contributed by atoms with E-state index in [4.69, 9.17) is 33.7 Å². The largest absolute Gasteiger partial charge is 0.490 e. The van der Waals surface area contributed by atoms with Gasteiger partial charge in [-0.05, 0) is 37.9 Å². The molecule has 0 spiro atoms. The molecule has 0 radical (unpaired) electrons. The monoisotopic (exact) mass is 576 g/mol. The van der Waals surface area contributed by atoms with Gasteiger partial charge in [0, 0.05) is 51.2 Å². The van der Waals surface area contributed by atoms with E-state index in [0.29, 0.717) is 18.1 Å². The van der Waals surface area contributed by atoms with Crippen LogP contribution in [0, 0.1) is 5.92 Å². The third-order valence-electron chi connectivity index (χ3n) is 6.60. The number of carboxylic acid groups (broad SMARTS) is 2. The molecule has 3 aliphatic heterocycles. The Labute approximate surface area is 221 Å². The number of halogens is 6.